The van der Waals surface area contributed by atoms with Gasteiger partial charge in [0.05, 0.1) is 42.6 Å². The molecule has 0 spiro atoms. The Morgan fingerprint density at radius 2 is 1.49 bits per heavy atom. The summed E-state index contributed by atoms with van der Waals surface area (Å²) < 4.78 is 13.2. The minimum atomic E-state index is -0.417. The van der Waals surface area contributed by atoms with Crippen molar-refractivity contribution in [1.29, 1.82) is 0 Å². The van der Waals surface area contributed by atoms with Gasteiger partial charge in [0.1, 0.15) is 17.7 Å². The Balaban J connectivity index is 0.000000445. The number of carbonyl (C=O) groups excluding carboxylic acids is 4. The number of benzene rings is 5. The number of aromatic nitrogens is 4. The van der Waals surface area contributed by atoms with E-state index < -0.39 is 6.04 Å². The Labute approximate surface area is 418 Å². The van der Waals surface area contributed by atoms with E-state index in [0.29, 0.717) is 26.0 Å². The SMILES string of the molecule is C1CCOCC1.CCCN(Cc1nc2c(ccc3cc(-c4ccc5cc(-c6cnc(C7CCC(CC)N7C=O)[nH]6)ccc5c4)ccc32)[nH]1)C(=O)C(NC)c1ccccc1.CCNC=O.COC.COC=O. The molecule has 0 bridgehead atoms. The summed E-state index contributed by atoms with van der Waals surface area (Å²) >= 11 is 0. The van der Waals surface area contributed by atoms with Crippen LogP contribution >= 0.6 is 0 Å². The minimum Gasteiger partial charge on any atom is -0.471 e. The molecule has 378 valence electrons. The second kappa shape index (κ2) is 29.3. The zero-order valence-electron chi connectivity index (χ0n) is 42.4. The first kappa shape index (κ1) is 55.0. The van der Waals surface area contributed by atoms with Crippen LogP contribution in [0.3, 0.4) is 0 Å². The normalized spacial score (nSPS) is 15.3. The van der Waals surface area contributed by atoms with Crippen molar-refractivity contribution >= 4 is 57.8 Å². The number of imidazole rings is 2. The number of likely N-dealkylation sites (N-methyl/N-ethyl adjacent to an activating group) is 1. The molecule has 5 aromatic carbocycles. The molecule has 15 nitrogen and oxygen atoms in total. The maximum absolute atomic E-state index is 13.7. The summed E-state index contributed by atoms with van der Waals surface area (Å²) in [6, 6.07) is 33.6. The van der Waals surface area contributed by atoms with Gasteiger partial charge in [-0.1, -0.05) is 86.6 Å². The van der Waals surface area contributed by atoms with Gasteiger partial charge in [-0.05, 0) is 116 Å². The number of hydrogen-bond donors (Lipinski definition) is 4. The van der Waals surface area contributed by atoms with Crippen LogP contribution in [0.5, 0.6) is 0 Å². The first-order valence-corrected chi connectivity index (χ1v) is 24.6. The number of nitrogens with one attached hydrogen (secondary N) is 4. The lowest BCUT2D eigenvalue weighted by Crippen LogP contribution is -2.40. The molecule has 0 aliphatic carbocycles. The van der Waals surface area contributed by atoms with E-state index in [0.717, 1.165) is 124 Å². The van der Waals surface area contributed by atoms with Crippen molar-refractivity contribution < 1.29 is 33.4 Å². The van der Waals surface area contributed by atoms with Gasteiger partial charge in [-0.2, -0.15) is 0 Å². The van der Waals surface area contributed by atoms with E-state index in [2.05, 4.69) is 116 Å². The van der Waals surface area contributed by atoms with Crippen LogP contribution in [-0.4, -0.2) is 116 Å². The molecular formula is C56H72N8O7. The van der Waals surface area contributed by atoms with Gasteiger partial charge < -0.3 is 44.6 Å². The van der Waals surface area contributed by atoms with Crippen LogP contribution in [0.15, 0.2) is 103 Å². The Bertz CT molecular complexity index is 2710. The van der Waals surface area contributed by atoms with Crippen molar-refractivity contribution in [3.8, 4) is 22.4 Å². The van der Waals surface area contributed by atoms with Gasteiger partial charge in [0, 0.05) is 57.5 Å². The molecule has 71 heavy (non-hydrogen) atoms. The zero-order valence-corrected chi connectivity index (χ0v) is 42.4. The average molecular weight is 969 g/mol. The van der Waals surface area contributed by atoms with Crippen LogP contribution in [0, 0.1) is 0 Å². The van der Waals surface area contributed by atoms with Crippen LogP contribution < -0.4 is 10.6 Å². The summed E-state index contributed by atoms with van der Waals surface area (Å²) in [7, 11) is 6.39. The fraction of sp³-hybridized carbons (Fsp3) is 0.393. The Morgan fingerprint density at radius 3 is 2.06 bits per heavy atom. The van der Waals surface area contributed by atoms with Crippen LogP contribution in [0.25, 0.3) is 55.0 Å². The molecule has 4 N–H and O–H groups in total. The monoisotopic (exact) mass is 969 g/mol. The van der Waals surface area contributed by atoms with Gasteiger partial charge in [0.2, 0.25) is 18.7 Å². The average Bonchev–Trinajstić information content (AvgIpc) is 4.19. The highest BCUT2D eigenvalue weighted by atomic mass is 16.5. The standard InChI is InChI=1S/C44H45N7O2.C5H10O.C3H7NO.C2H4O2.C2H6O/c1-4-21-50(44(53)41(45-3)28-9-7-6-8-10-28)26-40-47-37-19-16-33-23-32(15-18-36(33)42(37)49-40)29-11-12-31-24-34(14-13-30(31)22-29)38-25-46-43(48-38)39-20-17-35(5-2)51(39)27-52;1-2-4-6-5-3-1;1-2-4-3-5;1-4-2-3;1-3-2/h6-16,18-19,22-25,27,35,39,41,45H,4-5,17,20-21,26H2,1-3H3,(H,46,48)(H,47,49);1-5H2;3H,2H2,1H3,(H,4,5);2H,1H3;1-2H3. The van der Waals surface area contributed by atoms with E-state index in [1.54, 1.807) is 14.2 Å². The molecular weight excluding hydrogens is 897 g/mol. The van der Waals surface area contributed by atoms with Crippen molar-refractivity contribution in [2.75, 3.05) is 54.7 Å². The van der Waals surface area contributed by atoms with Gasteiger partial charge in [-0.25, -0.2) is 9.97 Å². The minimum absolute atomic E-state index is 0.00535. The van der Waals surface area contributed by atoms with E-state index in [1.165, 1.54) is 26.4 Å². The van der Waals surface area contributed by atoms with Crippen molar-refractivity contribution in [3.05, 3.63) is 120 Å². The predicted molar refractivity (Wildman–Crippen MR) is 282 cm³/mol. The second-order valence-electron chi connectivity index (χ2n) is 17.2. The molecule has 7 aromatic rings. The summed E-state index contributed by atoms with van der Waals surface area (Å²) in [4.78, 5) is 64.3. The molecule has 4 heterocycles. The maximum atomic E-state index is 13.7. The number of carbonyl (C=O) groups is 4. The lowest BCUT2D eigenvalue weighted by atomic mass is 9.97. The Morgan fingerprint density at radius 1 is 0.845 bits per heavy atom. The Hall–Kier alpha value is -6.94. The summed E-state index contributed by atoms with van der Waals surface area (Å²) in [5.74, 6) is 1.66. The number of rotatable bonds is 15. The van der Waals surface area contributed by atoms with Gasteiger partial charge in [0.25, 0.3) is 6.47 Å². The first-order valence-electron chi connectivity index (χ1n) is 24.6. The number of aromatic amines is 2. The van der Waals surface area contributed by atoms with Gasteiger partial charge >= 0.3 is 0 Å². The summed E-state index contributed by atoms with van der Waals surface area (Å²) in [5, 5.41) is 10.1. The molecule has 0 radical (unpaired) electrons. The van der Waals surface area contributed by atoms with Crippen LogP contribution in [0.1, 0.15) is 95.0 Å². The number of fused-ring (bicyclic) bond motifs is 4. The quantitative estimate of drug-likeness (QED) is 0.0722. The van der Waals surface area contributed by atoms with Gasteiger partial charge in [0.15, 0.2) is 0 Å². The number of likely N-dealkylation sites (tertiary alicyclic amines) is 1. The number of nitrogens with zero attached hydrogens (tertiary/aromatic N) is 4. The zero-order chi connectivity index (χ0) is 51.0. The van der Waals surface area contributed by atoms with Crippen LogP contribution in [-0.2, 0) is 39.9 Å². The molecule has 9 rings (SSSR count). The largest absolute Gasteiger partial charge is 0.471 e. The number of amides is 3. The third kappa shape index (κ3) is 15.0. The molecule has 2 saturated heterocycles. The molecule has 3 unspecified atom stereocenters. The topological polar surface area (TPSA) is 184 Å². The molecule has 2 aliphatic rings. The van der Waals surface area contributed by atoms with Crippen molar-refractivity contribution in [2.24, 2.45) is 0 Å². The van der Waals surface area contributed by atoms with Crippen LogP contribution in [0.4, 0.5) is 0 Å². The van der Waals surface area contributed by atoms with Crippen molar-refractivity contribution in [3.63, 3.8) is 0 Å². The predicted octanol–water partition coefficient (Wildman–Crippen LogP) is 9.69. The molecule has 3 amide bonds. The fourth-order valence-electron chi connectivity index (χ4n) is 8.86. The number of H-pyrrole nitrogens is 2. The Kier molecular flexibility index (Phi) is 22.7. The highest BCUT2D eigenvalue weighted by Gasteiger charge is 2.34. The fourth-order valence-corrected chi connectivity index (χ4v) is 8.86. The summed E-state index contributed by atoms with van der Waals surface area (Å²) in [6.07, 6.45) is 11.2. The smallest absolute Gasteiger partial charge is 0.292 e. The van der Waals surface area contributed by atoms with E-state index in [4.69, 9.17) is 14.5 Å². The van der Waals surface area contributed by atoms with Crippen molar-refractivity contribution in [1.82, 2.24) is 40.4 Å². The lowest BCUT2D eigenvalue weighted by Gasteiger charge is -2.26. The number of methoxy groups -OCH3 is 2. The van der Waals surface area contributed by atoms with E-state index in [-0.39, 0.29) is 18.0 Å². The molecule has 3 atom stereocenters. The highest BCUT2D eigenvalue weighted by Crippen LogP contribution is 2.36. The van der Waals surface area contributed by atoms with Gasteiger partial charge in [-0.15, -0.1) is 0 Å². The molecule has 2 aromatic heterocycles. The number of ether oxygens (including phenoxy) is 3. The molecule has 15 heteroatoms. The van der Waals surface area contributed by atoms with E-state index in [9.17, 15) is 14.4 Å². The summed E-state index contributed by atoms with van der Waals surface area (Å²) in [5.41, 5.74) is 7.12. The van der Waals surface area contributed by atoms with Gasteiger partial charge in [-0.3, -0.25) is 19.2 Å². The van der Waals surface area contributed by atoms with Crippen LogP contribution in [0.2, 0.25) is 0 Å². The molecule has 0 saturated carbocycles. The van der Waals surface area contributed by atoms with E-state index >= 15 is 0 Å². The summed E-state index contributed by atoms with van der Waals surface area (Å²) in [6.45, 7) is 10.2. The third-order valence-corrected chi connectivity index (χ3v) is 12.3. The van der Waals surface area contributed by atoms with E-state index in [1.807, 2.05) is 60.3 Å². The first-order chi connectivity index (χ1) is 34.7. The maximum Gasteiger partial charge on any atom is 0.292 e. The second-order valence-corrected chi connectivity index (χ2v) is 17.2. The number of hydrogen-bond acceptors (Lipinski definition) is 10. The molecule has 2 fully saturated rings. The van der Waals surface area contributed by atoms with Crippen molar-refractivity contribution in [2.45, 2.75) is 90.4 Å². The lowest BCUT2D eigenvalue weighted by molar-refractivity contribution is -0.134. The third-order valence-electron chi connectivity index (χ3n) is 12.3. The molecule has 2 aliphatic heterocycles. The highest BCUT2D eigenvalue weighted by molar-refractivity contribution is 6.05.